The Hall–Kier alpha value is 1.19. The molecule has 3 rings (SSSR count). The van der Waals surface area contributed by atoms with E-state index in [1.165, 1.54) is 31.5 Å². The largest absolute Gasteiger partial charge is 1.00 e. The van der Waals surface area contributed by atoms with Crippen LogP contribution in [0.5, 0.6) is 0 Å². The van der Waals surface area contributed by atoms with Gasteiger partial charge in [0.1, 0.15) is 0 Å². The number of hydrogen-bond acceptors (Lipinski definition) is 3. The van der Waals surface area contributed by atoms with Crippen molar-refractivity contribution in [3.8, 4) is 0 Å². The predicted molar refractivity (Wildman–Crippen MR) is 171 cm³/mol. The molecule has 0 fully saturated rings. The fourth-order valence-electron chi connectivity index (χ4n) is 4.26. The van der Waals surface area contributed by atoms with Gasteiger partial charge in [0, 0.05) is 0 Å². The van der Waals surface area contributed by atoms with Gasteiger partial charge in [0.25, 0.3) is 0 Å². The van der Waals surface area contributed by atoms with E-state index in [9.17, 15) is 0 Å². The number of benzene rings is 3. The first-order valence-electron chi connectivity index (χ1n) is 11.8. The molecular formula is C27H36Li3PS3Si3. The van der Waals surface area contributed by atoms with E-state index < -0.39 is 32.1 Å². The molecule has 0 aliphatic rings. The van der Waals surface area contributed by atoms with Gasteiger partial charge in [-0.25, -0.2) is 0 Å². The topological polar surface area (TPSA) is 0 Å². The van der Waals surface area contributed by atoms with Crippen LogP contribution < -0.4 is 88.1 Å². The van der Waals surface area contributed by atoms with E-state index in [0.29, 0.717) is 0 Å². The average molecular weight is 593 g/mol. The van der Waals surface area contributed by atoms with E-state index in [1.807, 2.05) is 0 Å². The fraction of sp³-hybridized carbons (Fsp3) is 0.333. The van der Waals surface area contributed by atoms with Crippen molar-refractivity contribution in [1.29, 1.82) is 0 Å². The van der Waals surface area contributed by atoms with Gasteiger partial charge in [-0.3, -0.25) is 0 Å². The van der Waals surface area contributed by atoms with Gasteiger partial charge in [0.05, 0.1) is 24.2 Å². The molecule has 182 valence electrons. The van der Waals surface area contributed by atoms with E-state index in [-0.39, 0.29) is 56.6 Å². The Morgan fingerprint density at radius 1 is 0.432 bits per heavy atom. The maximum Gasteiger partial charge on any atom is 1.00 e. The summed E-state index contributed by atoms with van der Waals surface area (Å²) in [5.74, 6) is 0. The number of rotatable bonds is 6. The second-order valence-electron chi connectivity index (χ2n) is 12.0. The Labute approximate surface area is 283 Å². The van der Waals surface area contributed by atoms with Crippen LogP contribution in [-0.2, 0) is 37.9 Å². The molecule has 0 bridgehead atoms. The maximum absolute atomic E-state index is 6.22. The standard InChI is InChI=1S/C27H39PS3Si3.3Li/c1-32(2,3)22-16-10-13-19(25(22)29)28(20-14-11-17-23(26(20)30)33(4,5)6)21-15-12-18-24(27(21)31)34(7,8)9;;;/h10-18,29-31H,1-9H3;;;/q;3*+1/p-3. The van der Waals surface area contributed by atoms with Gasteiger partial charge in [0.15, 0.2) is 0 Å². The van der Waals surface area contributed by atoms with Crippen LogP contribution in [0.25, 0.3) is 0 Å². The van der Waals surface area contributed by atoms with Crippen LogP contribution in [0.15, 0.2) is 69.3 Å². The summed E-state index contributed by atoms with van der Waals surface area (Å²) in [5.41, 5.74) is 0. The third-order valence-corrected chi connectivity index (χ3v) is 17.1. The number of hydrogen-bond donors (Lipinski definition) is 0. The summed E-state index contributed by atoms with van der Waals surface area (Å²) in [5, 5.41) is 7.78. The molecule has 0 unspecified atom stereocenters. The smallest absolute Gasteiger partial charge is 0.779 e. The SMILES string of the molecule is C[Si](C)(C)c1cccc(P(c2cccc([Si](C)(C)C)c2[S-])c2cccc([Si](C)(C)C)c2[S-])c1[S-].[Li+].[Li+].[Li+]. The van der Waals surface area contributed by atoms with Crippen molar-refractivity contribution < 1.29 is 56.6 Å². The Bertz CT molecular complexity index is 1070. The maximum atomic E-state index is 6.22. The van der Waals surface area contributed by atoms with Gasteiger partial charge in [-0.05, 0) is 23.8 Å². The molecule has 10 heteroatoms. The molecule has 0 spiro atoms. The summed E-state index contributed by atoms with van der Waals surface area (Å²) in [6.45, 7) is 21.4. The third kappa shape index (κ3) is 8.60. The summed E-state index contributed by atoms with van der Waals surface area (Å²) in [7, 11) is -5.74. The van der Waals surface area contributed by atoms with Gasteiger partial charge in [0.2, 0.25) is 0 Å². The normalized spacial score (nSPS) is 11.8. The van der Waals surface area contributed by atoms with Crippen LogP contribution in [0.2, 0.25) is 58.9 Å². The van der Waals surface area contributed by atoms with Crippen LogP contribution in [0, 0.1) is 0 Å². The molecule has 0 heterocycles. The zero-order valence-corrected chi connectivity index (χ0v) is 31.2. The van der Waals surface area contributed by atoms with Crippen molar-refractivity contribution in [2.75, 3.05) is 0 Å². The van der Waals surface area contributed by atoms with Crippen molar-refractivity contribution in [3.63, 3.8) is 0 Å². The van der Waals surface area contributed by atoms with Crippen molar-refractivity contribution in [2.24, 2.45) is 0 Å². The van der Waals surface area contributed by atoms with Crippen molar-refractivity contribution in [2.45, 2.75) is 73.6 Å². The van der Waals surface area contributed by atoms with Crippen LogP contribution >= 0.6 is 7.92 Å². The monoisotopic (exact) mass is 592 g/mol. The van der Waals surface area contributed by atoms with Gasteiger partial charge in [-0.1, -0.05) is 129 Å². The minimum absolute atomic E-state index is 0. The van der Waals surface area contributed by atoms with Crippen molar-refractivity contribution >= 4 is 102 Å². The Morgan fingerprint density at radius 2 is 0.649 bits per heavy atom. The molecule has 0 aromatic heterocycles. The first kappa shape index (κ1) is 38.2. The minimum Gasteiger partial charge on any atom is -0.779 e. The summed E-state index contributed by atoms with van der Waals surface area (Å²) < 4.78 is 0. The van der Waals surface area contributed by atoms with Crippen LogP contribution in [0.3, 0.4) is 0 Å². The van der Waals surface area contributed by atoms with Crippen LogP contribution in [0.4, 0.5) is 0 Å². The zero-order valence-electron chi connectivity index (χ0n) is 24.9. The van der Waals surface area contributed by atoms with Crippen molar-refractivity contribution in [1.82, 2.24) is 0 Å². The molecule has 0 nitrogen and oxygen atoms in total. The summed E-state index contributed by atoms with van der Waals surface area (Å²) in [6.07, 6.45) is 0. The molecule has 0 saturated heterocycles. The second kappa shape index (κ2) is 14.4. The Morgan fingerprint density at radius 3 is 0.838 bits per heavy atom. The summed E-state index contributed by atoms with van der Waals surface area (Å²) in [4.78, 5) is 3.06. The van der Waals surface area contributed by atoms with E-state index >= 15 is 0 Å². The second-order valence-corrected chi connectivity index (χ2v) is 30.5. The minimum atomic E-state index is -1.60. The molecule has 3 aromatic rings. The zero-order chi connectivity index (χ0) is 25.6. The third-order valence-electron chi connectivity index (χ3n) is 6.13. The molecule has 37 heavy (non-hydrogen) atoms. The van der Waals surface area contributed by atoms with Crippen molar-refractivity contribution in [3.05, 3.63) is 54.6 Å². The van der Waals surface area contributed by atoms with E-state index in [1.54, 1.807) is 0 Å². The van der Waals surface area contributed by atoms with Gasteiger partial charge >= 0.3 is 56.6 Å². The van der Waals surface area contributed by atoms with E-state index in [0.717, 1.165) is 14.7 Å². The first-order valence-corrected chi connectivity index (χ1v) is 24.8. The Kier molecular flexibility index (Phi) is 14.9. The van der Waals surface area contributed by atoms with E-state index in [4.69, 9.17) is 37.9 Å². The fourth-order valence-corrected chi connectivity index (χ4v) is 15.3. The molecule has 0 aliphatic carbocycles. The molecule has 0 N–H and O–H groups in total. The molecule has 0 saturated carbocycles. The summed E-state index contributed by atoms with van der Waals surface area (Å²) in [6, 6.07) is 20.0. The molecule has 3 aromatic carbocycles. The molecule has 0 aliphatic heterocycles. The van der Waals surface area contributed by atoms with Crippen LogP contribution in [0.1, 0.15) is 0 Å². The molecular weight excluding hydrogens is 557 g/mol. The quantitative estimate of drug-likeness (QED) is 0.162. The first-order chi connectivity index (χ1) is 15.5. The molecule has 0 atom stereocenters. The molecule has 0 radical (unpaired) electrons. The van der Waals surface area contributed by atoms with E-state index in [2.05, 4.69) is 114 Å². The molecule has 0 amide bonds. The van der Waals surface area contributed by atoms with Gasteiger partial charge in [-0.2, -0.15) is 14.7 Å². The Balaban J connectivity index is 0.00000432. The summed E-state index contributed by atoms with van der Waals surface area (Å²) >= 11 is 18.6. The predicted octanol–water partition coefficient (Wildman–Crippen LogP) is -4.19. The van der Waals surface area contributed by atoms with Gasteiger partial charge < -0.3 is 37.9 Å². The van der Waals surface area contributed by atoms with Gasteiger partial charge in [-0.15, -0.1) is 0 Å². The average Bonchev–Trinajstić information content (AvgIpc) is 2.69. The van der Waals surface area contributed by atoms with Crippen LogP contribution in [-0.4, -0.2) is 24.2 Å².